The summed E-state index contributed by atoms with van der Waals surface area (Å²) < 4.78 is 169. The molecule has 0 aliphatic carbocycles. The molecular weight excluding hydrogens is 1310 g/mol. The summed E-state index contributed by atoms with van der Waals surface area (Å²) in [5, 5.41) is 5.53. The molecule has 94 heavy (non-hydrogen) atoms. The topological polar surface area (TPSA) is 333 Å². The van der Waals surface area contributed by atoms with Crippen molar-refractivity contribution in [3.8, 4) is 0 Å². The number of carbonyl (C=O) groups excluding carboxylic acids is 3. The first-order valence-corrected chi connectivity index (χ1v) is 38.1. The zero-order valence-electron chi connectivity index (χ0n) is 53.1. The molecule has 0 saturated heterocycles. The normalized spacial score (nSPS) is 17.1. The van der Waals surface area contributed by atoms with E-state index in [0.717, 1.165) is 10.6 Å². The highest BCUT2D eigenvalue weighted by molar-refractivity contribution is 7.86. The van der Waals surface area contributed by atoms with Crippen LogP contribution in [0.4, 0.5) is 11.4 Å². The van der Waals surface area contributed by atoms with Gasteiger partial charge in [0, 0.05) is 84.8 Å². The number of nitrogens with one attached hydrogen (secondary N) is 1. The maximum atomic E-state index is 13.7. The average molecular weight is 1400 g/mol. The molecular formula is C66H83N3O20PS4+. The van der Waals surface area contributed by atoms with Gasteiger partial charge in [-0.2, -0.15) is 38.2 Å². The molecule has 510 valence electrons. The molecule has 5 aromatic carbocycles. The minimum Gasteiger partial charge on any atom is -0.465 e. The predicted octanol–water partition coefficient (Wildman–Crippen LogP) is 7.67. The molecule has 0 saturated carbocycles. The van der Waals surface area contributed by atoms with E-state index in [1.54, 1.807) is 63.5 Å². The van der Waals surface area contributed by atoms with E-state index in [4.69, 9.17) is 23.7 Å². The summed E-state index contributed by atoms with van der Waals surface area (Å²) in [6.07, 6.45) is 7.46. The number of rotatable bonds is 39. The van der Waals surface area contributed by atoms with Crippen molar-refractivity contribution in [3.05, 3.63) is 161 Å². The van der Waals surface area contributed by atoms with E-state index >= 15 is 0 Å². The van der Waals surface area contributed by atoms with E-state index in [1.165, 1.54) is 37.4 Å². The number of esters is 1. The average Bonchev–Trinajstić information content (AvgIpc) is 1.58. The monoisotopic (exact) mass is 1400 g/mol. The third-order valence-electron chi connectivity index (χ3n) is 16.5. The number of methoxy groups -OCH3 is 2. The van der Waals surface area contributed by atoms with Crippen LogP contribution >= 0.6 is 7.92 Å². The van der Waals surface area contributed by atoms with Gasteiger partial charge in [0.15, 0.2) is 5.71 Å². The van der Waals surface area contributed by atoms with Crippen LogP contribution in [0.5, 0.6) is 0 Å². The molecule has 2 unspecified atom stereocenters. The Hall–Kier alpha value is -6.43. The summed E-state index contributed by atoms with van der Waals surface area (Å²) in [7, 11) is -16.8. The molecule has 2 heterocycles. The summed E-state index contributed by atoms with van der Waals surface area (Å²) in [6.45, 7) is 6.31. The summed E-state index contributed by atoms with van der Waals surface area (Å²) in [6, 6.07) is 32.6. The summed E-state index contributed by atoms with van der Waals surface area (Å²) in [5.41, 5.74) is 1.31. The zero-order valence-corrected chi connectivity index (χ0v) is 57.2. The first-order valence-electron chi connectivity index (χ1n) is 30.7. The molecule has 23 nitrogen and oxygen atoms in total. The molecule has 0 spiro atoms. The lowest BCUT2D eigenvalue weighted by Crippen LogP contribution is -2.32. The molecule has 0 bridgehead atoms. The minimum absolute atomic E-state index is 0.0207. The first kappa shape index (κ1) is 75.0. The van der Waals surface area contributed by atoms with Gasteiger partial charge >= 0.3 is 5.97 Å². The Morgan fingerprint density at radius 1 is 0.606 bits per heavy atom. The number of Topliss-reactive ketones (excluding diaryl/α,β-unsaturated/α-hetero) is 1. The highest BCUT2D eigenvalue weighted by atomic mass is 32.2. The van der Waals surface area contributed by atoms with E-state index in [2.05, 4.69) is 5.32 Å². The molecule has 2 aliphatic rings. The lowest BCUT2D eigenvalue weighted by atomic mass is 9.75. The fourth-order valence-corrected chi connectivity index (χ4v) is 16.4. The number of ether oxygens (including phenoxy) is 5. The highest BCUT2D eigenvalue weighted by Gasteiger charge is 2.49. The van der Waals surface area contributed by atoms with Gasteiger partial charge in [-0.05, 0) is 137 Å². The smallest absolute Gasteiger partial charge is 0.338 e. The number of hydrogen-bond donors (Lipinski definition) is 5. The fraction of sp³-hybridized carbons (Fsp3) is 0.424. The molecule has 7 rings (SSSR count). The van der Waals surface area contributed by atoms with Crippen LogP contribution in [0.3, 0.4) is 0 Å². The molecule has 0 fully saturated rings. The van der Waals surface area contributed by atoms with Crippen LogP contribution in [-0.4, -0.2) is 171 Å². The van der Waals surface area contributed by atoms with Gasteiger partial charge in [-0.25, -0.2) is 4.79 Å². The first-order chi connectivity index (χ1) is 44.6. The predicted molar refractivity (Wildman–Crippen MR) is 359 cm³/mol. The number of fused-ring (bicyclic) bond motifs is 2. The van der Waals surface area contributed by atoms with Crippen LogP contribution in [0.25, 0.3) is 0 Å². The van der Waals surface area contributed by atoms with Crippen molar-refractivity contribution < 1.29 is 94.5 Å². The van der Waals surface area contributed by atoms with Gasteiger partial charge in [0.05, 0.1) is 85.6 Å². The van der Waals surface area contributed by atoms with Crippen molar-refractivity contribution in [3.63, 3.8) is 0 Å². The van der Waals surface area contributed by atoms with Gasteiger partial charge < -0.3 is 33.9 Å². The second-order valence-corrected chi connectivity index (χ2v) is 31.3. The van der Waals surface area contributed by atoms with Gasteiger partial charge in [0.2, 0.25) is 5.69 Å². The Morgan fingerprint density at radius 3 is 1.73 bits per heavy atom. The molecule has 2 atom stereocenters. The minimum atomic E-state index is -4.76. The lowest BCUT2D eigenvalue weighted by Gasteiger charge is -2.30. The van der Waals surface area contributed by atoms with Crippen molar-refractivity contribution in [2.75, 3.05) is 96.5 Å². The van der Waals surface area contributed by atoms with Crippen molar-refractivity contribution in [2.45, 2.75) is 98.7 Å². The largest absolute Gasteiger partial charge is 0.465 e. The van der Waals surface area contributed by atoms with Gasteiger partial charge in [-0.15, -0.1) is 0 Å². The highest BCUT2D eigenvalue weighted by Crippen LogP contribution is 2.52. The van der Waals surface area contributed by atoms with Crippen molar-refractivity contribution in [2.24, 2.45) is 0 Å². The Morgan fingerprint density at radius 2 is 1.16 bits per heavy atom. The second kappa shape index (κ2) is 34.0. The SMILES string of the molecule is COCCOCCOCCOCCN1C(=CC=CC2=[N+](CCCCCC(=O)CCCNC(=O)c3ccc(C(=O)OC)c(P(c4ccccc4)c4ccccc4)c3)c3ccc(S(=O)(=O)O)cc3C2(C)CCCS(=O)(=O)O)C(C)(CCCS(=O)(=O)O)c2cc(S(=O)(=O)O)ccc21. The molecule has 2 aliphatic heterocycles. The van der Waals surface area contributed by atoms with Crippen LogP contribution in [0.15, 0.2) is 149 Å². The number of nitrogens with zero attached hydrogens (tertiary/aromatic N) is 2. The number of unbranched alkanes of at least 4 members (excludes halogenated alkanes) is 2. The number of ketones is 1. The van der Waals surface area contributed by atoms with Crippen LogP contribution in [0.2, 0.25) is 0 Å². The molecule has 0 radical (unpaired) electrons. The Balaban J connectivity index is 1.11. The van der Waals surface area contributed by atoms with E-state index in [9.17, 15) is 66.3 Å². The second-order valence-electron chi connectivity index (χ2n) is 23.1. The third-order valence-corrected chi connectivity index (χ3v) is 22.3. The van der Waals surface area contributed by atoms with Crippen LogP contribution in [-0.2, 0) is 79.8 Å². The standard InChI is InChI=1S/C66H82N3O20PS4/c1-65(32-16-44-91(73,74)75)56-47-53(93(79,80)81)27-30-58(56)68(35-13-7-8-18-50(70)19-15-34-67-63(71)49-26-29-55(64(72)86-4)60(46-49)90(51-20-9-5-10-21-51)52-22-11-6-12-23-52)61(65)24-14-25-62-66(2,33-17-45-92(76,77)78)57-48-54(94(82,83)84)28-31-59(57)69(62)36-37-87-40-41-89-43-42-88-39-38-85-3/h5-6,9-12,14,20-31,46-48H,7-8,13,15-19,32-45H2,1-4H3,(H4-,67,71,73,74,75,76,77,78,79,80,81,82,83,84)/p+1. The molecule has 28 heteroatoms. The number of anilines is 1. The van der Waals surface area contributed by atoms with Gasteiger partial charge in [0.25, 0.3) is 46.4 Å². The van der Waals surface area contributed by atoms with E-state index in [0.29, 0.717) is 109 Å². The molecule has 1 amide bonds. The Labute approximate surface area is 552 Å². The lowest BCUT2D eigenvalue weighted by molar-refractivity contribution is -0.438. The van der Waals surface area contributed by atoms with Crippen molar-refractivity contribution in [1.82, 2.24) is 5.32 Å². The molecule has 5 aromatic rings. The van der Waals surface area contributed by atoms with E-state index in [-0.39, 0.29) is 83.1 Å². The number of amides is 1. The van der Waals surface area contributed by atoms with Gasteiger partial charge in [-0.1, -0.05) is 66.7 Å². The quantitative estimate of drug-likeness (QED) is 0.00828. The maximum Gasteiger partial charge on any atom is 0.338 e. The number of hydrogen-bond acceptors (Lipinski definition) is 17. The summed E-state index contributed by atoms with van der Waals surface area (Å²) in [4.78, 5) is 41.2. The Kier molecular flexibility index (Phi) is 27.1. The number of allylic oxidation sites excluding steroid dienone is 4. The zero-order chi connectivity index (χ0) is 68.3. The van der Waals surface area contributed by atoms with E-state index < -0.39 is 86.5 Å². The molecule has 0 aromatic heterocycles. The number of benzene rings is 5. The fourth-order valence-electron chi connectivity index (χ4n) is 11.9. The molecule has 5 N–H and O–H groups in total. The third kappa shape index (κ3) is 20.6. The maximum absolute atomic E-state index is 13.7. The van der Waals surface area contributed by atoms with Gasteiger partial charge in [-0.3, -0.25) is 27.8 Å². The van der Waals surface area contributed by atoms with Crippen LogP contribution in [0, 0.1) is 0 Å². The van der Waals surface area contributed by atoms with E-state index in [1.807, 2.05) is 70.1 Å². The summed E-state index contributed by atoms with van der Waals surface area (Å²) in [5.74, 6) is -2.18. The van der Waals surface area contributed by atoms with Crippen LogP contribution < -0.4 is 26.1 Å². The van der Waals surface area contributed by atoms with Crippen LogP contribution in [0.1, 0.15) is 110 Å². The summed E-state index contributed by atoms with van der Waals surface area (Å²) >= 11 is 0. The Bertz CT molecular complexity index is 4000. The number of carbonyl (C=O) groups is 3. The van der Waals surface area contributed by atoms with Crippen molar-refractivity contribution in [1.29, 1.82) is 0 Å². The van der Waals surface area contributed by atoms with Gasteiger partial charge in [0.1, 0.15) is 12.3 Å². The van der Waals surface area contributed by atoms with Crippen molar-refractivity contribution >= 4 is 99.1 Å².